The Morgan fingerprint density at radius 2 is 2.39 bits per heavy atom. The number of carboxylic acids is 1. The Balaban J connectivity index is 1.97. The van der Waals surface area contributed by atoms with E-state index in [0.29, 0.717) is 11.5 Å². The van der Waals surface area contributed by atoms with Crippen molar-refractivity contribution in [2.75, 3.05) is 13.2 Å². The van der Waals surface area contributed by atoms with Crippen LogP contribution in [0.5, 0.6) is 0 Å². The highest BCUT2D eigenvalue weighted by Crippen LogP contribution is 2.32. The molecule has 1 aliphatic rings. The zero-order valence-corrected chi connectivity index (χ0v) is 10.6. The van der Waals surface area contributed by atoms with E-state index in [2.05, 4.69) is 4.98 Å². The predicted molar refractivity (Wildman–Crippen MR) is 69.4 cm³/mol. The van der Waals surface area contributed by atoms with E-state index in [4.69, 9.17) is 9.84 Å². The van der Waals surface area contributed by atoms with Crippen molar-refractivity contribution >= 4 is 27.5 Å². The summed E-state index contributed by atoms with van der Waals surface area (Å²) in [5.41, 5.74) is 1.20. The second-order valence-corrected chi connectivity index (χ2v) is 5.52. The summed E-state index contributed by atoms with van der Waals surface area (Å²) in [7, 11) is 0. The number of benzene rings is 1. The lowest BCUT2D eigenvalue weighted by atomic mass is 10.0. The van der Waals surface area contributed by atoms with Crippen LogP contribution in [0.4, 0.5) is 0 Å². The average Bonchev–Trinajstić information content (AvgIpc) is 2.82. The third-order valence-corrected chi connectivity index (χ3v) is 4.34. The summed E-state index contributed by atoms with van der Waals surface area (Å²) in [6.07, 6.45) is 2.17. The van der Waals surface area contributed by atoms with Gasteiger partial charge >= 0.3 is 5.97 Å². The van der Waals surface area contributed by atoms with Crippen LogP contribution < -0.4 is 0 Å². The molecule has 0 radical (unpaired) electrons. The van der Waals surface area contributed by atoms with Crippen molar-refractivity contribution in [1.82, 2.24) is 4.98 Å². The van der Waals surface area contributed by atoms with Gasteiger partial charge in [0.2, 0.25) is 0 Å². The van der Waals surface area contributed by atoms with Crippen LogP contribution in [0.3, 0.4) is 0 Å². The Morgan fingerprint density at radius 3 is 3.11 bits per heavy atom. The van der Waals surface area contributed by atoms with Gasteiger partial charge in [-0.05, 0) is 31.0 Å². The number of aromatic carboxylic acids is 1. The predicted octanol–water partition coefficient (Wildman–Crippen LogP) is 2.89. The molecule has 1 fully saturated rings. The molecule has 3 rings (SSSR count). The lowest BCUT2D eigenvalue weighted by Crippen LogP contribution is -2.15. The maximum absolute atomic E-state index is 10.9. The number of ether oxygens (including phenoxy) is 1. The van der Waals surface area contributed by atoms with E-state index in [1.54, 1.807) is 29.5 Å². The van der Waals surface area contributed by atoms with Crippen molar-refractivity contribution < 1.29 is 14.6 Å². The molecule has 94 valence electrons. The van der Waals surface area contributed by atoms with Gasteiger partial charge in [0.1, 0.15) is 0 Å². The fourth-order valence-electron chi connectivity index (χ4n) is 2.19. The molecule has 2 heterocycles. The Hall–Kier alpha value is -1.46. The van der Waals surface area contributed by atoms with Crippen LogP contribution in [-0.2, 0) is 4.74 Å². The first-order chi connectivity index (χ1) is 8.74. The van der Waals surface area contributed by atoms with E-state index in [1.807, 2.05) is 0 Å². The first-order valence-corrected chi connectivity index (χ1v) is 6.77. The van der Waals surface area contributed by atoms with Gasteiger partial charge < -0.3 is 9.84 Å². The molecule has 0 bridgehead atoms. The highest BCUT2D eigenvalue weighted by molar-refractivity contribution is 7.18. The van der Waals surface area contributed by atoms with Crippen molar-refractivity contribution in [3.63, 3.8) is 0 Å². The van der Waals surface area contributed by atoms with Gasteiger partial charge in [-0.1, -0.05) is 0 Å². The van der Waals surface area contributed by atoms with Gasteiger partial charge in [-0.3, -0.25) is 0 Å². The fourth-order valence-corrected chi connectivity index (χ4v) is 3.31. The van der Waals surface area contributed by atoms with E-state index in [9.17, 15) is 4.79 Å². The monoisotopic (exact) mass is 263 g/mol. The Bertz CT molecular complexity index is 587. The minimum absolute atomic E-state index is 0.317. The number of carbonyl (C=O) groups is 1. The summed E-state index contributed by atoms with van der Waals surface area (Å²) in [5.74, 6) is -0.530. The summed E-state index contributed by atoms with van der Waals surface area (Å²) in [4.78, 5) is 15.5. The van der Waals surface area contributed by atoms with Gasteiger partial charge in [0, 0.05) is 12.5 Å². The van der Waals surface area contributed by atoms with E-state index in [1.165, 1.54) is 0 Å². The molecule has 1 aromatic heterocycles. The fraction of sp³-hybridized carbons (Fsp3) is 0.385. The number of hydrogen-bond donors (Lipinski definition) is 1. The van der Waals surface area contributed by atoms with E-state index >= 15 is 0 Å². The largest absolute Gasteiger partial charge is 0.478 e. The number of fused-ring (bicyclic) bond motifs is 1. The van der Waals surface area contributed by atoms with Gasteiger partial charge in [-0.15, -0.1) is 11.3 Å². The van der Waals surface area contributed by atoms with E-state index in [-0.39, 0.29) is 0 Å². The zero-order valence-electron chi connectivity index (χ0n) is 9.76. The number of thiazole rings is 1. The first kappa shape index (κ1) is 11.6. The van der Waals surface area contributed by atoms with Crippen molar-refractivity contribution in [1.29, 1.82) is 0 Å². The minimum Gasteiger partial charge on any atom is -0.478 e. The molecule has 18 heavy (non-hydrogen) atoms. The van der Waals surface area contributed by atoms with Gasteiger partial charge in [-0.25, -0.2) is 9.78 Å². The first-order valence-electron chi connectivity index (χ1n) is 5.95. The molecule has 1 saturated heterocycles. The highest BCUT2D eigenvalue weighted by atomic mass is 32.1. The molecule has 2 aromatic rings. The number of nitrogens with zero attached hydrogens (tertiary/aromatic N) is 1. The summed E-state index contributed by atoms with van der Waals surface area (Å²) in [5, 5.41) is 10.0. The van der Waals surface area contributed by atoms with Gasteiger partial charge in [0.25, 0.3) is 0 Å². The second kappa shape index (κ2) is 4.66. The number of aromatic nitrogens is 1. The maximum atomic E-state index is 10.9. The molecule has 1 aromatic carbocycles. The van der Waals surface area contributed by atoms with Crippen LogP contribution in [0, 0.1) is 0 Å². The molecule has 0 saturated carbocycles. The van der Waals surface area contributed by atoms with Crippen LogP contribution in [0.2, 0.25) is 0 Å². The second-order valence-electron chi connectivity index (χ2n) is 4.45. The molecule has 0 spiro atoms. The molecule has 5 heteroatoms. The smallest absolute Gasteiger partial charge is 0.335 e. The van der Waals surface area contributed by atoms with Crippen LogP contribution in [0.1, 0.15) is 34.1 Å². The Kier molecular flexibility index (Phi) is 3.01. The Morgan fingerprint density at radius 1 is 1.50 bits per heavy atom. The van der Waals surface area contributed by atoms with Crippen molar-refractivity contribution in [2.45, 2.75) is 18.8 Å². The van der Waals surface area contributed by atoms with Crippen LogP contribution in [0.15, 0.2) is 18.2 Å². The molecular weight excluding hydrogens is 250 g/mol. The van der Waals surface area contributed by atoms with Crippen LogP contribution in [-0.4, -0.2) is 29.3 Å². The minimum atomic E-state index is -0.896. The van der Waals surface area contributed by atoms with Crippen molar-refractivity contribution in [3.05, 3.63) is 28.8 Å². The highest BCUT2D eigenvalue weighted by Gasteiger charge is 2.20. The van der Waals surface area contributed by atoms with Crippen LogP contribution in [0.25, 0.3) is 10.2 Å². The van der Waals surface area contributed by atoms with Crippen molar-refractivity contribution in [2.24, 2.45) is 0 Å². The molecule has 1 unspecified atom stereocenters. The topological polar surface area (TPSA) is 59.4 Å². The van der Waals surface area contributed by atoms with Gasteiger partial charge in [0.15, 0.2) is 0 Å². The number of rotatable bonds is 2. The lowest BCUT2D eigenvalue weighted by Gasteiger charge is -2.19. The molecule has 1 aliphatic heterocycles. The average molecular weight is 263 g/mol. The third kappa shape index (κ3) is 2.11. The molecule has 1 atom stereocenters. The SMILES string of the molecule is O=C(O)c1ccc2nc(C3CCCOC3)sc2c1. The van der Waals surface area contributed by atoms with Gasteiger partial charge in [-0.2, -0.15) is 0 Å². The maximum Gasteiger partial charge on any atom is 0.335 e. The summed E-state index contributed by atoms with van der Waals surface area (Å²) < 4.78 is 6.41. The third-order valence-electron chi connectivity index (χ3n) is 3.16. The molecule has 0 amide bonds. The number of hydrogen-bond acceptors (Lipinski definition) is 4. The number of carboxylic acid groups (broad SMARTS) is 1. The molecule has 1 N–H and O–H groups in total. The normalized spacial score (nSPS) is 20.1. The van der Waals surface area contributed by atoms with Crippen molar-refractivity contribution in [3.8, 4) is 0 Å². The van der Waals surface area contributed by atoms with Crippen LogP contribution >= 0.6 is 11.3 Å². The van der Waals surface area contributed by atoms with Gasteiger partial charge in [0.05, 0.1) is 27.4 Å². The molecule has 0 aliphatic carbocycles. The molecular formula is C13H13NO3S. The summed E-state index contributed by atoms with van der Waals surface area (Å²) in [6, 6.07) is 5.08. The molecule has 4 nitrogen and oxygen atoms in total. The summed E-state index contributed by atoms with van der Waals surface area (Å²) in [6.45, 7) is 1.57. The quantitative estimate of drug-likeness (QED) is 0.905. The summed E-state index contributed by atoms with van der Waals surface area (Å²) >= 11 is 1.58. The van der Waals surface area contributed by atoms with E-state index in [0.717, 1.165) is 41.3 Å². The lowest BCUT2D eigenvalue weighted by molar-refractivity contribution is 0.0697. The van der Waals surface area contributed by atoms with E-state index < -0.39 is 5.97 Å². The standard InChI is InChI=1S/C13H13NO3S/c15-13(16)8-3-4-10-11(6-8)18-12(14-10)9-2-1-5-17-7-9/h3-4,6,9H,1-2,5,7H2,(H,15,16). The Labute approximate surface area is 108 Å². The zero-order chi connectivity index (χ0) is 12.5.